The first-order valence-electron chi connectivity index (χ1n) is 7.27. The third kappa shape index (κ3) is 3.03. The van der Waals surface area contributed by atoms with Gasteiger partial charge in [0.25, 0.3) is 10.0 Å². The van der Waals surface area contributed by atoms with Crippen LogP contribution in [0.15, 0.2) is 47.4 Å². The van der Waals surface area contributed by atoms with Gasteiger partial charge in [-0.1, -0.05) is 0 Å². The van der Waals surface area contributed by atoms with Crippen LogP contribution in [0.1, 0.15) is 5.69 Å². The molecule has 0 atom stereocenters. The summed E-state index contributed by atoms with van der Waals surface area (Å²) in [5.41, 5.74) is 2.47. The zero-order valence-corrected chi connectivity index (χ0v) is 14.4. The summed E-state index contributed by atoms with van der Waals surface area (Å²) >= 11 is 0. The summed E-state index contributed by atoms with van der Waals surface area (Å²) in [6, 6.07) is 11.8. The van der Waals surface area contributed by atoms with Gasteiger partial charge in [-0.25, -0.2) is 8.42 Å². The molecule has 2 N–H and O–H groups in total. The lowest BCUT2D eigenvalue weighted by Crippen LogP contribution is -2.13. The Kier molecular flexibility index (Phi) is 4.11. The van der Waals surface area contributed by atoms with Crippen LogP contribution in [0.3, 0.4) is 0 Å². The zero-order valence-electron chi connectivity index (χ0n) is 13.6. The van der Waals surface area contributed by atoms with Gasteiger partial charge in [0.05, 0.1) is 19.1 Å². The van der Waals surface area contributed by atoms with Crippen molar-refractivity contribution in [3.05, 3.63) is 48.2 Å². The number of benzene rings is 2. The first-order valence-corrected chi connectivity index (χ1v) is 8.75. The maximum atomic E-state index is 12.6. The molecule has 1 heterocycles. The van der Waals surface area contributed by atoms with Crippen LogP contribution in [0.4, 0.5) is 5.69 Å². The molecular weight excluding hydrogens is 328 g/mol. The zero-order chi connectivity index (χ0) is 17.3. The van der Waals surface area contributed by atoms with Crippen molar-refractivity contribution < 1.29 is 17.9 Å². The van der Waals surface area contributed by atoms with Crippen LogP contribution in [-0.4, -0.2) is 27.6 Å². The minimum Gasteiger partial charge on any atom is -0.493 e. The smallest absolute Gasteiger partial charge is 0.262 e. The van der Waals surface area contributed by atoms with Gasteiger partial charge < -0.3 is 14.5 Å². The number of aryl methyl sites for hydroxylation is 1. The summed E-state index contributed by atoms with van der Waals surface area (Å²) in [5.74, 6) is 0.831. The van der Waals surface area contributed by atoms with Crippen molar-refractivity contribution in [3.8, 4) is 11.5 Å². The predicted molar refractivity (Wildman–Crippen MR) is 93.4 cm³/mol. The quantitative estimate of drug-likeness (QED) is 0.743. The second kappa shape index (κ2) is 6.09. The predicted octanol–water partition coefficient (Wildman–Crippen LogP) is 3.29. The molecule has 6 nitrogen and oxygen atoms in total. The van der Waals surface area contributed by atoms with Gasteiger partial charge in [0.15, 0.2) is 11.5 Å². The van der Waals surface area contributed by atoms with Crippen LogP contribution in [0.2, 0.25) is 0 Å². The highest BCUT2D eigenvalue weighted by Crippen LogP contribution is 2.30. The number of sulfonamides is 1. The van der Waals surface area contributed by atoms with Gasteiger partial charge >= 0.3 is 0 Å². The monoisotopic (exact) mass is 346 g/mol. The third-order valence-electron chi connectivity index (χ3n) is 3.67. The van der Waals surface area contributed by atoms with Crippen molar-refractivity contribution >= 4 is 26.6 Å². The minimum absolute atomic E-state index is 0.102. The van der Waals surface area contributed by atoms with Crippen LogP contribution in [-0.2, 0) is 10.0 Å². The fourth-order valence-electron chi connectivity index (χ4n) is 2.54. The van der Waals surface area contributed by atoms with Crippen molar-refractivity contribution in [2.75, 3.05) is 18.9 Å². The molecule has 0 bridgehead atoms. The van der Waals surface area contributed by atoms with Crippen LogP contribution in [0.5, 0.6) is 11.5 Å². The number of nitrogens with one attached hydrogen (secondary N) is 2. The number of rotatable bonds is 5. The highest BCUT2D eigenvalue weighted by atomic mass is 32.2. The number of hydrogen-bond acceptors (Lipinski definition) is 4. The normalized spacial score (nSPS) is 11.5. The van der Waals surface area contributed by atoms with E-state index in [2.05, 4.69) is 9.71 Å². The average Bonchev–Trinajstić information content (AvgIpc) is 2.93. The van der Waals surface area contributed by atoms with Gasteiger partial charge in [-0.05, 0) is 43.3 Å². The van der Waals surface area contributed by atoms with Crippen LogP contribution in [0, 0.1) is 6.92 Å². The third-order valence-corrected chi connectivity index (χ3v) is 5.05. The molecular formula is C17H18N2O4S. The van der Waals surface area contributed by atoms with Crippen LogP contribution in [0.25, 0.3) is 10.9 Å². The molecule has 0 amide bonds. The van der Waals surface area contributed by atoms with E-state index in [9.17, 15) is 8.42 Å². The second-order valence-corrected chi connectivity index (χ2v) is 7.06. The summed E-state index contributed by atoms with van der Waals surface area (Å²) in [5, 5.41) is 0.944. The van der Waals surface area contributed by atoms with Crippen molar-refractivity contribution in [1.29, 1.82) is 0 Å². The number of ether oxygens (including phenoxy) is 2. The first kappa shape index (κ1) is 16.2. The lowest BCUT2D eigenvalue weighted by Gasteiger charge is -2.11. The fraction of sp³-hybridized carbons (Fsp3) is 0.176. The first-order chi connectivity index (χ1) is 11.4. The Morgan fingerprint density at radius 1 is 0.958 bits per heavy atom. The van der Waals surface area contributed by atoms with Gasteiger partial charge in [-0.2, -0.15) is 0 Å². The molecule has 0 radical (unpaired) electrons. The van der Waals surface area contributed by atoms with E-state index in [4.69, 9.17) is 9.47 Å². The molecule has 3 aromatic rings. The van der Waals surface area contributed by atoms with Crippen LogP contribution >= 0.6 is 0 Å². The Morgan fingerprint density at radius 2 is 1.71 bits per heavy atom. The molecule has 24 heavy (non-hydrogen) atoms. The van der Waals surface area contributed by atoms with E-state index in [1.54, 1.807) is 18.2 Å². The van der Waals surface area contributed by atoms with E-state index in [0.717, 1.165) is 16.6 Å². The van der Waals surface area contributed by atoms with Crippen molar-refractivity contribution in [3.63, 3.8) is 0 Å². The molecule has 0 saturated carbocycles. The molecule has 7 heteroatoms. The number of fused-ring (bicyclic) bond motifs is 1. The van der Waals surface area contributed by atoms with E-state index in [0.29, 0.717) is 17.2 Å². The summed E-state index contributed by atoms with van der Waals surface area (Å²) in [6.45, 7) is 1.95. The Bertz CT molecular complexity index is 993. The van der Waals surface area contributed by atoms with E-state index >= 15 is 0 Å². The average molecular weight is 346 g/mol. The lowest BCUT2D eigenvalue weighted by atomic mass is 10.2. The lowest BCUT2D eigenvalue weighted by molar-refractivity contribution is 0.354. The molecule has 0 spiro atoms. The van der Waals surface area contributed by atoms with Crippen molar-refractivity contribution in [2.45, 2.75) is 11.8 Å². The second-order valence-electron chi connectivity index (χ2n) is 5.38. The molecule has 0 aliphatic heterocycles. The number of anilines is 1. The Hall–Kier alpha value is -2.67. The van der Waals surface area contributed by atoms with E-state index in [1.807, 2.05) is 19.1 Å². The summed E-state index contributed by atoms with van der Waals surface area (Å²) < 4.78 is 38.1. The maximum Gasteiger partial charge on any atom is 0.262 e. The number of H-pyrrole nitrogens is 1. The molecule has 0 aliphatic carbocycles. The Balaban J connectivity index is 1.94. The molecule has 1 aromatic heterocycles. The number of hydrogen-bond donors (Lipinski definition) is 2. The van der Waals surface area contributed by atoms with Gasteiger partial charge in [-0.15, -0.1) is 0 Å². The number of methoxy groups -OCH3 is 2. The highest BCUT2D eigenvalue weighted by Gasteiger charge is 2.17. The van der Waals surface area contributed by atoms with Gasteiger partial charge in [-0.3, -0.25) is 4.72 Å². The van der Waals surface area contributed by atoms with E-state index in [-0.39, 0.29) is 4.90 Å². The molecule has 0 aliphatic rings. The fourth-order valence-corrected chi connectivity index (χ4v) is 3.60. The SMILES string of the molecule is COc1ccc(S(=O)(=O)Nc2ccc3[nH]c(C)cc3c2)cc1OC. The number of aromatic nitrogens is 1. The molecule has 3 rings (SSSR count). The standard InChI is InChI=1S/C17H18N2O4S/c1-11-8-12-9-13(4-6-15(12)18-11)19-24(20,21)14-5-7-16(22-2)17(10-14)23-3/h4-10,18-19H,1-3H3. The Morgan fingerprint density at radius 3 is 2.42 bits per heavy atom. The van der Waals surface area contributed by atoms with Crippen molar-refractivity contribution in [1.82, 2.24) is 4.98 Å². The summed E-state index contributed by atoms with van der Waals surface area (Å²) in [4.78, 5) is 3.30. The molecule has 0 fully saturated rings. The van der Waals surface area contributed by atoms with Gasteiger partial charge in [0, 0.05) is 28.4 Å². The maximum absolute atomic E-state index is 12.6. The summed E-state index contributed by atoms with van der Waals surface area (Å²) in [6.07, 6.45) is 0. The van der Waals surface area contributed by atoms with Gasteiger partial charge in [0.1, 0.15) is 0 Å². The molecule has 2 aromatic carbocycles. The largest absolute Gasteiger partial charge is 0.493 e. The van der Waals surface area contributed by atoms with Crippen LogP contribution < -0.4 is 14.2 Å². The van der Waals surface area contributed by atoms with E-state index < -0.39 is 10.0 Å². The molecule has 126 valence electrons. The van der Waals surface area contributed by atoms with E-state index in [1.165, 1.54) is 26.4 Å². The minimum atomic E-state index is -3.73. The molecule has 0 saturated heterocycles. The topological polar surface area (TPSA) is 80.4 Å². The highest BCUT2D eigenvalue weighted by molar-refractivity contribution is 7.92. The van der Waals surface area contributed by atoms with Gasteiger partial charge in [0.2, 0.25) is 0 Å². The summed E-state index contributed by atoms with van der Waals surface area (Å²) in [7, 11) is -0.768. The van der Waals surface area contributed by atoms with Crippen molar-refractivity contribution in [2.24, 2.45) is 0 Å². The number of aromatic amines is 1. The molecule has 0 unspecified atom stereocenters. The Labute approximate surface area is 140 Å².